The molecule has 236 valence electrons. The van der Waals surface area contributed by atoms with Crippen LogP contribution in [0.15, 0.2) is 77.7 Å². The van der Waals surface area contributed by atoms with Gasteiger partial charge in [0.2, 0.25) is 15.9 Å². The molecule has 0 unspecified atom stereocenters. The van der Waals surface area contributed by atoms with Crippen molar-refractivity contribution < 1.29 is 31.9 Å². The molecule has 44 heavy (non-hydrogen) atoms. The Kier molecular flexibility index (Phi) is 11.1. The number of morpholine rings is 1. The molecule has 1 atom stereocenters. The van der Waals surface area contributed by atoms with Crippen LogP contribution in [-0.2, 0) is 26.0 Å². The molecular weight excluding hydrogens is 587 g/mol. The molecule has 4 rings (SSSR count). The predicted octanol–water partition coefficient (Wildman–Crippen LogP) is 3.59. The van der Waals surface area contributed by atoms with E-state index in [1.807, 2.05) is 44.2 Å². The van der Waals surface area contributed by atoms with Crippen LogP contribution in [0.3, 0.4) is 0 Å². The minimum Gasteiger partial charge on any atom is -0.495 e. The summed E-state index contributed by atoms with van der Waals surface area (Å²) in [7, 11) is -2.63. The number of ether oxygens (including phenoxy) is 2. The first-order chi connectivity index (χ1) is 21.0. The lowest BCUT2D eigenvalue weighted by atomic mass is 10.0. The van der Waals surface area contributed by atoms with Crippen LogP contribution in [0, 0.1) is 5.82 Å². The van der Waals surface area contributed by atoms with Gasteiger partial charge in [0.25, 0.3) is 5.91 Å². The lowest BCUT2D eigenvalue weighted by Gasteiger charge is -2.32. The summed E-state index contributed by atoms with van der Waals surface area (Å²) in [5.74, 6) is -1.49. The van der Waals surface area contributed by atoms with Crippen LogP contribution in [0.25, 0.3) is 0 Å². The number of hydrogen-bond donors (Lipinski definition) is 3. The second-order valence-corrected chi connectivity index (χ2v) is 12.9. The molecule has 1 aliphatic rings. The van der Waals surface area contributed by atoms with Gasteiger partial charge < -0.3 is 20.1 Å². The van der Waals surface area contributed by atoms with E-state index in [0.717, 1.165) is 25.2 Å². The Bertz CT molecular complexity index is 1530. The van der Waals surface area contributed by atoms with Crippen LogP contribution < -0.4 is 20.1 Å². The largest absolute Gasteiger partial charge is 0.495 e. The second-order valence-electron chi connectivity index (χ2n) is 11.3. The van der Waals surface area contributed by atoms with Crippen molar-refractivity contribution >= 4 is 27.5 Å². The number of carbonyl (C=O) groups is 2. The van der Waals surface area contributed by atoms with Gasteiger partial charge in [-0.25, -0.2) is 17.5 Å². The lowest BCUT2D eigenvalue weighted by molar-refractivity contribution is -0.118. The minimum atomic E-state index is -3.98. The third kappa shape index (κ3) is 9.33. The molecule has 0 spiro atoms. The van der Waals surface area contributed by atoms with Gasteiger partial charge in [-0.1, -0.05) is 30.3 Å². The first-order valence-corrected chi connectivity index (χ1v) is 15.9. The van der Waals surface area contributed by atoms with E-state index in [1.54, 1.807) is 0 Å². The molecule has 1 fully saturated rings. The number of nitrogens with zero attached hydrogens (tertiary/aromatic N) is 1. The summed E-state index contributed by atoms with van der Waals surface area (Å²) < 4.78 is 53.8. The van der Waals surface area contributed by atoms with Crippen molar-refractivity contribution in [3.8, 4) is 5.75 Å². The van der Waals surface area contributed by atoms with Gasteiger partial charge in [-0.2, -0.15) is 0 Å². The highest BCUT2D eigenvalue weighted by atomic mass is 32.2. The summed E-state index contributed by atoms with van der Waals surface area (Å²) in [6.45, 7) is 7.35. The highest BCUT2D eigenvalue weighted by molar-refractivity contribution is 7.89. The number of halogens is 1. The minimum absolute atomic E-state index is 0.0502. The molecule has 0 aliphatic carbocycles. The Morgan fingerprint density at radius 1 is 1.02 bits per heavy atom. The van der Waals surface area contributed by atoms with Gasteiger partial charge in [-0.3, -0.25) is 14.5 Å². The van der Waals surface area contributed by atoms with Gasteiger partial charge >= 0.3 is 0 Å². The fraction of sp³-hybridized carbons (Fsp3) is 0.375. The van der Waals surface area contributed by atoms with Crippen molar-refractivity contribution in [2.24, 2.45) is 0 Å². The fourth-order valence-electron chi connectivity index (χ4n) is 4.83. The summed E-state index contributed by atoms with van der Waals surface area (Å²) in [5, 5.41) is 5.49. The van der Waals surface area contributed by atoms with E-state index in [4.69, 9.17) is 9.47 Å². The average Bonchev–Trinajstić information content (AvgIpc) is 3.00. The summed E-state index contributed by atoms with van der Waals surface area (Å²) in [6, 6.07) is 17.5. The third-order valence-corrected chi connectivity index (χ3v) is 9.04. The first-order valence-electron chi connectivity index (χ1n) is 14.4. The molecule has 1 aliphatic heterocycles. The van der Waals surface area contributed by atoms with Crippen molar-refractivity contribution in [2.75, 3.05) is 45.3 Å². The molecule has 3 aromatic carbocycles. The van der Waals surface area contributed by atoms with Crippen LogP contribution in [0.1, 0.15) is 36.2 Å². The molecule has 10 nitrogen and oxygen atoms in total. The fourth-order valence-corrected chi connectivity index (χ4v) is 6.42. The van der Waals surface area contributed by atoms with Crippen LogP contribution in [0.2, 0.25) is 0 Å². The van der Waals surface area contributed by atoms with Crippen LogP contribution in [-0.4, -0.2) is 76.7 Å². The van der Waals surface area contributed by atoms with E-state index < -0.39 is 39.2 Å². The molecule has 0 bridgehead atoms. The van der Waals surface area contributed by atoms with Crippen molar-refractivity contribution in [3.63, 3.8) is 0 Å². The number of amides is 2. The van der Waals surface area contributed by atoms with Crippen molar-refractivity contribution in [1.29, 1.82) is 0 Å². The molecule has 2 amide bonds. The molecular formula is C32H39FN4O6S. The Morgan fingerprint density at radius 3 is 2.36 bits per heavy atom. The van der Waals surface area contributed by atoms with E-state index >= 15 is 0 Å². The number of hydrogen-bond acceptors (Lipinski definition) is 7. The van der Waals surface area contributed by atoms with Gasteiger partial charge in [0.1, 0.15) is 22.5 Å². The Hall–Kier alpha value is -3.84. The van der Waals surface area contributed by atoms with Gasteiger partial charge in [0.15, 0.2) is 0 Å². The molecule has 3 aromatic rings. The van der Waals surface area contributed by atoms with E-state index in [2.05, 4.69) is 20.3 Å². The van der Waals surface area contributed by atoms with Gasteiger partial charge in [0, 0.05) is 48.9 Å². The molecule has 3 N–H and O–H groups in total. The molecule has 0 saturated carbocycles. The zero-order valence-corrected chi connectivity index (χ0v) is 26.0. The highest BCUT2D eigenvalue weighted by Crippen LogP contribution is 2.29. The number of sulfonamides is 1. The number of nitrogens with one attached hydrogen (secondary N) is 3. The molecule has 12 heteroatoms. The Morgan fingerprint density at radius 2 is 1.70 bits per heavy atom. The normalized spacial score (nSPS) is 14.9. The van der Waals surface area contributed by atoms with Crippen molar-refractivity contribution in [3.05, 3.63) is 89.7 Å². The van der Waals surface area contributed by atoms with E-state index in [9.17, 15) is 22.4 Å². The monoisotopic (exact) mass is 626 g/mol. The number of carbonyl (C=O) groups excluding carboxylic acids is 2. The zero-order chi connectivity index (χ0) is 31.7. The summed E-state index contributed by atoms with van der Waals surface area (Å²) in [4.78, 5) is 28.5. The van der Waals surface area contributed by atoms with Crippen LogP contribution >= 0.6 is 0 Å². The third-order valence-electron chi connectivity index (χ3n) is 7.30. The maximum Gasteiger partial charge on any atom is 0.251 e. The number of benzene rings is 3. The quantitative estimate of drug-likeness (QED) is 0.265. The highest BCUT2D eigenvalue weighted by Gasteiger charge is 2.30. The Labute approximate surface area is 258 Å². The SMILES string of the molecule is COc1cc(NC(=O)[C@H](Cc2ccccc2)NC(=O)c2ccc(F)cc2)ccc1S(=O)(=O)NC(C)(C)CCN1CCOCC1. The molecule has 0 aromatic heterocycles. The number of anilines is 1. The second kappa shape index (κ2) is 14.8. The average molecular weight is 627 g/mol. The van der Waals surface area contributed by atoms with Gasteiger partial charge in [-0.15, -0.1) is 0 Å². The van der Waals surface area contributed by atoms with Gasteiger partial charge in [-0.05, 0) is 62.2 Å². The number of methoxy groups -OCH3 is 1. The maximum atomic E-state index is 13.4. The van der Waals surface area contributed by atoms with E-state index in [0.29, 0.717) is 19.6 Å². The van der Waals surface area contributed by atoms with E-state index in [1.165, 1.54) is 49.6 Å². The smallest absolute Gasteiger partial charge is 0.251 e. The molecule has 0 radical (unpaired) electrons. The molecule has 1 saturated heterocycles. The van der Waals surface area contributed by atoms with Crippen molar-refractivity contribution in [1.82, 2.24) is 14.9 Å². The lowest BCUT2D eigenvalue weighted by Crippen LogP contribution is -2.47. The number of rotatable bonds is 13. The standard InChI is InChI=1S/C32H39FN4O6S/c1-32(2,15-16-37-17-19-43-20-18-37)36-44(40,41)29-14-13-26(22-28(29)42-3)34-31(39)27(21-23-7-5-4-6-8-23)35-30(38)24-9-11-25(33)12-10-24/h4-14,22,27,36H,15-21H2,1-3H3,(H,34,39)(H,35,38)/t27-/m0/s1. The van der Waals surface area contributed by atoms with Crippen LogP contribution in [0.4, 0.5) is 10.1 Å². The predicted molar refractivity (Wildman–Crippen MR) is 166 cm³/mol. The summed E-state index contributed by atoms with van der Waals surface area (Å²) in [5.41, 5.74) is 0.566. The van der Waals surface area contributed by atoms with E-state index in [-0.39, 0.29) is 28.3 Å². The summed E-state index contributed by atoms with van der Waals surface area (Å²) in [6.07, 6.45) is 0.780. The first kappa shape index (κ1) is 33.1. The summed E-state index contributed by atoms with van der Waals surface area (Å²) >= 11 is 0. The maximum absolute atomic E-state index is 13.4. The molecule has 1 heterocycles. The zero-order valence-electron chi connectivity index (χ0n) is 25.1. The van der Waals surface area contributed by atoms with Gasteiger partial charge in [0.05, 0.1) is 20.3 Å². The van der Waals surface area contributed by atoms with Crippen molar-refractivity contribution in [2.45, 2.75) is 43.2 Å². The van der Waals surface area contributed by atoms with Crippen LogP contribution in [0.5, 0.6) is 5.75 Å². The Balaban J connectivity index is 1.48. The topological polar surface area (TPSA) is 126 Å².